The van der Waals surface area contributed by atoms with E-state index in [-0.39, 0.29) is 0 Å². The molecule has 0 aliphatic rings. The lowest BCUT2D eigenvalue weighted by Gasteiger charge is -2.14. The van der Waals surface area contributed by atoms with E-state index in [1.165, 1.54) is 5.56 Å². The summed E-state index contributed by atoms with van der Waals surface area (Å²) < 4.78 is 16.5. The zero-order valence-corrected chi connectivity index (χ0v) is 20.1. The number of hydrogen-bond acceptors (Lipinski definition) is 5. The number of carbonyl (C=O) groups is 2. The molecule has 4 aromatic carbocycles. The molecule has 0 fully saturated rings. The van der Waals surface area contributed by atoms with Gasteiger partial charge in [0.1, 0.15) is 11.5 Å². The van der Waals surface area contributed by atoms with Gasteiger partial charge < -0.3 is 14.2 Å². The Hall–Kier alpha value is -4.38. The second-order valence-corrected chi connectivity index (χ2v) is 8.32. The highest BCUT2D eigenvalue weighted by Gasteiger charge is 2.18. The molecule has 0 bridgehead atoms. The predicted molar refractivity (Wildman–Crippen MR) is 139 cm³/mol. The van der Waals surface area contributed by atoms with Gasteiger partial charge >= 0.3 is 11.9 Å². The molecule has 0 aromatic heterocycles. The smallest absolute Gasteiger partial charge is 0.352 e. The molecule has 0 saturated heterocycles. The van der Waals surface area contributed by atoms with Crippen molar-refractivity contribution in [2.24, 2.45) is 0 Å². The molecule has 5 heteroatoms. The van der Waals surface area contributed by atoms with Crippen molar-refractivity contribution in [3.05, 3.63) is 120 Å². The van der Waals surface area contributed by atoms with Gasteiger partial charge in [-0.1, -0.05) is 72.8 Å². The molecule has 1 unspecified atom stereocenters. The van der Waals surface area contributed by atoms with Crippen molar-refractivity contribution in [3.63, 3.8) is 0 Å². The summed E-state index contributed by atoms with van der Waals surface area (Å²) in [6.07, 6.45) is 0.792. The van der Waals surface area contributed by atoms with Crippen molar-refractivity contribution >= 4 is 11.9 Å². The van der Waals surface area contributed by atoms with E-state index in [0.29, 0.717) is 23.7 Å². The maximum absolute atomic E-state index is 12.5. The predicted octanol–water partition coefficient (Wildman–Crippen LogP) is 6.52. The van der Waals surface area contributed by atoms with E-state index in [4.69, 9.17) is 14.2 Å². The van der Waals surface area contributed by atoms with Crippen LogP contribution in [0.2, 0.25) is 0 Å². The van der Waals surface area contributed by atoms with E-state index in [2.05, 4.69) is 12.1 Å². The molecular formula is C31H28O5. The van der Waals surface area contributed by atoms with Gasteiger partial charge in [0.2, 0.25) is 0 Å². The minimum absolute atomic E-state index is 0.329. The summed E-state index contributed by atoms with van der Waals surface area (Å²) in [7, 11) is 0. The number of carbonyl (C=O) groups excluding carboxylic acids is 2. The minimum atomic E-state index is -0.804. The van der Waals surface area contributed by atoms with E-state index >= 15 is 0 Å². The van der Waals surface area contributed by atoms with Gasteiger partial charge in [0.25, 0.3) is 0 Å². The minimum Gasteiger partial charge on any atom is -0.479 e. The second kappa shape index (κ2) is 12.4. The van der Waals surface area contributed by atoms with Crippen LogP contribution in [0.3, 0.4) is 0 Å². The Morgan fingerprint density at radius 3 is 1.94 bits per heavy atom. The second-order valence-electron chi connectivity index (χ2n) is 8.32. The fraction of sp³-hybridized carbons (Fsp3) is 0.161. The van der Waals surface area contributed by atoms with Crippen LogP contribution in [-0.2, 0) is 16.0 Å². The van der Waals surface area contributed by atoms with Gasteiger partial charge in [-0.15, -0.1) is 0 Å². The van der Waals surface area contributed by atoms with Crippen LogP contribution in [0.15, 0.2) is 109 Å². The van der Waals surface area contributed by atoms with Crippen molar-refractivity contribution in [3.8, 4) is 22.6 Å². The molecule has 0 N–H and O–H groups in total. The molecule has 36 heavy (non-hydrogen) atoms. The first kappa shape index (κ1) is 24.7. The SMILES string of the molecule is CC(Oc1ccc(-c2ccccc2)cc1)C(=O)Oc1ccc(C(=O)OCCCc2ccccc2)cc1. The number of benzene rings is 4. The van der Waals surface area contributed by atoms with Crippen molar-refractivity contribution < 1.29 is 23.8 Å². The van der Waals surface area contributed by atoms with Crippen LogP contribution in [0, 0.1) is 0 Å². The summed E-state index contributed by atoms with van der Waals surface area (Å²) in [5.41, 5.74) is 3.78. The molecular weight excluding hydrogens is 452 g/mol. The number of rotatable bonds is 10. The number of hydrogen-bond donors (Lipinski definition) is 0. The largest absolute Gasteiger partial charge is 0.479 e. The summed E-state index contributed by atoms with van der Waals surface area (Å²) in [4.78, 5) is 24.7. The molecule has 0 radical (unpaired) electrons. The topological polar surface area (TPSA) is 61.8 Å². The third-order valence-corrected chi connectivity index (χ3v) is 5.60. The zero-order valence-electron chi connectivity index (χ0n) is 20.1. The highest BCUT2D eigenvalue weighted by molar-refractivity contribution is 5.89. The van der Waals surface area contributed by atoms with Gasteiger partial charge in [0, 0.05) is 0 Å². The maximum atomic E-state index is 12.5. The van der Waals surface area contributed by atoms with Crippen LogP contribution < -0.4 is 9.47 Å². The summed E-state index contributed by atoms with van der Waals surface area (Å²) >= 11 is 0. The Morgan fingerprint density at radius 1 is 0.694 bits per heavy atom. The van der Waals surface area contributed by atoms with E-state index in [9.17, 15) is 9.59 Å². The van der Waals surface area contributed by atoms with Crippen LogP contribution in [0.5, 0.6) is 11.5 Å². The average molecular weight is 481 g/mol. The third kappa shape index (κ3) is 7.06. The molecule has 1 atom stereocenters. The molecule has 5 nitrogen and oxygen atoms in total. The van der Waals surface area contributed by atoms with Crippen LogP contribution in [0.4, 0.5) is 0 Å². The van der Waals surface area contributed by atoms with Crippen LogP contribution in [0.1, 0.15) is 29.3 Å². The quantitative estimate of drug-likeness (QED) is 0.147. The molecule has 182 valence electrons. The maximum Gasteiger partial charge on any atom is 0.352 e. The molecule has 0 saturated carbocycles. The van der Waals surface area contributed by atoms with Crippen LogP contribution in [0.25, 0.3) is 11.1 Å². The summed E-state index contributed by atoms with van der Waals surface area (Å²) in [5.74, 6) is -0.0324. The van der Waals surface area contributed by atoms with Gasteiger partial charge in [-0.3, -0.25) is 0 Å². The summed E-state index contributed by atoms with van der Waals surface area (Å²) in [5, 5.41) is 0. The Balaban J connectivity index is 1.22. The Kier molecular flexibility index (Phi) is 8.49. The van der Waals surface area contributed by atoms with Gasteiger partial charge in [0.05, 0.1) is 12.2 Å². The van der Waals surface area contributed by atoms with Gasteiger partial charge in [-0.2, -0.15) is 0 Å². The average Bonchev–Trinajstić information content (AvgIpc) is 2.93. The first-order chi connectivity index (χ1) is 17.6. The van der Waals surface area contributed by atoms with Crippen LogP contribution >= 0.6 is 0 Å². The summed E-state index contributed by atoms with van der Waals surface area (Å²) in [6.45, 7) is 1.97. The Labute approximate surface area is 211 Å². The molecule has 4 aromatic rings. The fourth-order valence-corrected chi connectivity index (χ4v) is 3.64. The van der Waals surface area contributed by atoms with E-state index in [0.717, 1.165) is 24.0 Å². The number of esters is 2. The van der Waals surface area contributed by atoms with Gasteiger partial charge in [-0.05, 0) is 72.9 Å². The molecule has 0 aliphatic carbocycles. The lowest BCUT2D eigenvalue weighted by molar-refractivity contribution is -0.141. The molecule has 0 spiro atoms. The third-order valence-electron chi connectivity index (χ3n) is 5.60. The van der Waals surface area contributed by atoms with Gasteiger partial charge in [0.15, 0.2) is 6.10 Å². The van der Waals surface area contributed by atoms with Crippen molar-refractivity contribution in [2.45, 2.75) is 25.9 Å². The molecule has 0 heterocycles. The Bertz CT molecular complexity index is 1250. The van der Waals surface area contributed by atoms with Crippen molar-refractivity contribution in [1.29, 1.82) is 0 Å². The highest BCUT2D eigenvalue weighted by Crippen LogP contribution is 2.23. The number of aryl methyl sites for hydroxylation is 1. The monoisotopic (exact) mass is 480 g/mol. The molecule has 0 amide bonds. The lowest BCUT2D eigenvalue weighted by Crippen LogP contribution is -2.28. The Morgan fingerprint density at radius 2 is 1.28 bits per heavy atom. The highest BCUT2D eigenvalue weighted by atomic mass is 16.6. The van der Waals surface area contributed by atoms with E-state index in [1.54, 1.807) is 31.2 Å². The first-order valence-electron chi connectivity index (χ1n) is 11.9. The zero-order chi connectivity index (χ0) is 25.2. The number of ether oxygens (including phenoxy) is 3. The lowest BCUT2D eigenvalue weighted by atomic mass is 10.1. The molecule has 0 aliphatic heterocycles. The summed E-state index contributed by atoms with van der Waals surface area (Å²) in [6, 6.07) is 33.9. The first-order valence-corrected chi connectivity index (χ1v) is 11.9. The van der Waals surface area contributed by atoms with E-state index in [1.807, 2.05) is 72.8 Å². The fourth-order valence-electron chi connectivity index (χ4n) is 3.64. The molecule has 4 rings (SSSR count). The van der Waals surface area contributed by atoms with E-state index < -0.39 is 18.0 Å². The standard InChI is InChI=1S/C31H28O5/c1-23(35-28-18-14-26(15-19-28)25-12-6-3-7-13-25)30(32)36-29-20-16-27(17-21-29)31(33)34-22-8-11-24-9-4-2-5-10-24/h2-7,9-10,12-21,23H,8,11,22H2,1H3. The van der Waals surface area contributed by atoms with Gasteiger partial charge in [-0.25, -0.2) is 9.59 Å². The normalized spacial score (nSPS) is 11.4. The van der Waals surface area contributed by atoms with Crippen molar-refractivity contribution in [2.75, 3.05) is 6.61 Å². The van der Waals surface area contributed by atoms with Crippen molar-refractivity contribution in [1.82, 2.24) is 0 Å². The van der Waals surface area contributed by atoms with Crippen LogP contribution in [-0.4, -0.2) is 24.6 Å².